The van der Waals surface area contributed by atoms with Crippen molar-refractivity contribution in [3.05, 3.63) is 12.7 Å². The molecule has 0 atom stereocenters. The lowest BCUT2D eigenvalue weighted by Gasteiger charge is -1.96. The van der Waals surface area contributed by atoms with Gasteiger partial charge in [-0.05, 0) is 13.1 Å². The third-order valence-corrected chi connectivity index (χ3v) is 2.36. The van der Waals surface area contributed by atoms with Crippen molar-refractivity contribution >= 4 is 26.2 Å². The maximum absolute atomic E-state index is 10.3. The van der Waals surface area contributed by atoms with Crippen molar-refractivity contribution in [1.29, 1.82) is 0 Å². The van der Waals surface area contributed by atoms with E-state index < -0.39 is 0 Å². The zero-order chi connectivity index (χ0) is 11.9. The molecule has 0 rings (SSSR count). The number of hydrogen-bond donors (Lipinski definition) is 0. The predicted octanol–water partition coefficient (Wildman–Crippen LogP) is 3.71. The van der Waals surface area contributed by atoms with Crippen LogP contribution in [-0.4, -0.2) is 31.3 Å². The van der Waals surface area contributed by atoms with Gasteiger partial charge >= 0.3 is 5.97 Å². The van der Waals surface area contributed by atoms with Crippen LogP contribution in [0.1, 0.15) is 26.2 Å². The van der Waals surface area contributed by atoms with Crippen LogP contribution >= 0.6 is 20.2 Å². The number of rotatable bonds is 7. The molecule has 0 aliphatic rings. The summed E-state index contributed by atoms with van der Waals surface area (Å²) in [5, 5.41) is 0. The summed E-state index contributed by atoms with van der Waals surface area (Å²) in [4.78, 5) is 10.3. The van der Waals surface area contributed by atoms with E-state index in [1.807, 2.05) is 6.66 Å². The summed E-state index contributed by atoms with van der Waals surface area (Å²) in [6.07, 6.45) is 5.81. The fraction of sp³-hybridized carbons (Fsp3) is 0.727. The molecule has 0 saturated carbocycles. The first-order valence-electron chi connectivity index (χ1n) is 5.13. The average Bonchev–Trinajstić information content (AvgIpc) is 2.27. The molecule has 0 saturated heterocycles. The number of halogens is 1. The Balaban J connectivity index is 0. The van der Waals surface area contributed by atoms with Crippen molar-refractivity contribution in [3.8, 4) is 0 Å². The minimum atomic E-state index is -0.335. The quantitative estimate of drug-likeness (QED) is 0.227. The van der Waals surface area contributed by atoms with E-state index in [-0.39, 0.29) is 5.97 Å². The van der Waals surface area contributed by atoms with Crippen molar-refractivity contribution in [2.45, 2.75) is 26.2 Å². The maximum atomic E-state index is 10.3. The molecule has 0 aromatic carbocycles. The van der Waals surface area contributed by atoms with Crippen LogP contribution < -0.4 is 0 Å². The zero-order valence-corrected chi connectivity index (χ0v) is 11.3. The van der Waals surface area contributed by atoms with E-state index >= 15 is 0 Å². The largest absolute Gasteiger partial charge is 0.462 e. The number of esters is 1. The predicted molar refractivity (Wildman–Crippen MR) is 69.1 cm³/mol. The Bertz CT molecular complexity index is 148. The Morgan fingerprint density at radius 2 is 2.20 bits per heavy atom. The standard InChI is InChI=1S/C6H10O2P.C5H11Cl/c1-3-6(7)8-4-5-9-2;1-2-3-4-5-6/h3H,1,4-5H2,2H3;2-5H2,1H3. The second-order valence-electron chi connectivity index (χ2n) is 2.81. The summed E-state index contributed by atoms with van der Waals surface area (Å²) in [6.45, 7) is 7.95. The Kier molecular flexibility index (Phi) is 18.9. The van der Waals surface area contributed by atoms with Crippen LogP contribution in [0.2, 0.25) is 0 Å². The summed E-state index contributed by atoms with van der Waals surface area (Å²) in [5.74, 6) is 0.493. The third kappa shape index (κ3) is 20.1. The van der Waals surface area contributed by atoms with Crippen molar-refractivity contribution in [3.63, 3.8) is 0 Å². The molecule has 15 heavy (non-hydrogen) atoms. The molecule has 1 radical (unpaired) electrons. The van der Waals surface area contributed by atoms with E-state index in [1.165, 1.54) is 33.9 Å². The second-order valence-corrected chi connectivity index (χ2v) is 4.27. The molecule has 2 nitrogen and oxygen atoms in total. The first-order chi connectivity index (χ1) is 7.22. The van der Waals surface area contributed by atoms with Gasteiger partial charge in [-0.2, -0.15) is 0 Å². The second kappa shape index (κ2) is 16.4. The number of carbonyl (C=O) groups is 1. The van der Waals surface area contributed by atoms with E-state index in [4.69, 9.17) is 11.6 Å². The van der Waals surface area contributed by atoms with Gasteiger partial charge in [0.15, 0.2) is 0 Å². The molecule has 0 N–H and O–H groups in total. The van der Waals surface area contributed by atoms with Gasteiger partial charge in [0.2, 0.25) is 0 Å². The smallest absolute Gasteiger partial charge is 0.330 e. The summed E-state index contributed by atoms with van der Waals surface area (Å²) in [5.41, 5.74) is 0. The van der Waals surface area contributed by atoms with Gasteiger partial charge in [0, 0.05) is 18.1 Å². The molecule has 0 bridgehead atoms. The number of carbonyl (C=O) groups excluding carboxylic acids is 1. The van der Waals surface area contributed by atoms with Gasteiger partial charge in [-0.1, -0.05) is 34.9 Å². The summed E-state index contributed by atoms with van der Waals surface area (Å²) in [7, 11) is 1.24. The molecule has 0 aromatic heterocycles. The van der Waals surface area contributed by atoms with Crippen molar-refractivity contribution in [2.75, 3.05) is 25.3 Å². The van der Waals surface area contributed by atoms with Crippen LogP contribution in [0.4, 0.5) is 0 Å². The lowest BCUT2D eigenvalue weighted by atomic mass is 10.3. The van der Waals surface area contributed by atoms with E-state index in [0.717, 1.165) is 12.0 Å². The normalized spacial score (nSPS) is 9.53. The van der Waals surface area contributed by atoms with Gasteiger partial charge < -0.3 is 4.74 Å². The maximum Gasteiger partial charge on any atom is 0.330 e. The van der Waals surface area contributed by atoms with Gasteiger partial charge in [-0.3, -0.25) is 0 Å². The van der Waals surface area contributed by atoms with E-state index in [2.05, 4.69) is 18.2 Å². The molecule has 0 aromatic rings. The van der Waals surface area contributed by atoms with Crippen molar-refractivity contribution in [2.24, 2.45) is 0 Å². The highest BCUT2D eigenvalue weighted by Gasteiger charge is 1.91. The minimum Gasteiger partial charge on any atom is -0.462 e. The SMILES string of the molecule is C=CC(=O)OCC[P]C.CCCCCCl. The molecule has 0 heterocycles. The zero-order valence-electron chi connectivity index (χ0n) is 9.67. The first-order valence-corrected chi connectivity index (χ1v) is 7.19. The summed E-state index contributed by atoms with van der Waals surface area (Å²) >= 11 is 5.38. The highest BCUT2D eigenvalue weighted by Crippen LogP contribution is 1.99. The molecule has 4 heteroatoms. The van der Waals surface area contributed by atoms with E-state index in [9.17, 15) is 4.79 Å². The Morgan fingerprint density at radius 3 is 2.53 bits per heavy atom. The van der Waals surface area contributed by atoms with Crippen LogP contribution in [0.5, 0.6) is 0 Å². The molecule has 0 aliphatic carbocycles. The number of alkyl halides is 1. The fourth-order valence-electron chi connectivity index (χ4n) is 0.641. The highest BCUT2D eigenvalue weighted by atomic mass is 35.5. The first kappa shape index (κ1) is 17.3. The van der Waals surface area contributed by atoms with Crippen molar-refractivity contribution < 1.29 is 9.53 Å². The molecular weight excluding hydrogens is 231 g/mol. The fourth-order valence-corrected chi connectivity index (χ4v) is 1.10. The third-order valence-electron chi connectivity index (χ3n) is 1.46. The van der Waals surface area contributed by atoms with Crippen LogP contribution in [-0.2, 0) is 9.53 Å². The van der Waals surface area contributed by atoms with Gasteiger partial charge in [-0.15, -0.1) is 11.6 Å². The van der Waals surface area contributed by atoms with Gasteiger partial charge in [0.25, 0.3) is 0 Å². The summed E-state index contributed by atoms with van der Waals surface area (Å²) < 4.78 is 4.67. The van der Waals surface area contributed by atoms with Crippen molar-refractivity contribution in [1.82, 2.24) is 0 Å². The van der Waals surface area contributed by atoms with Crippen LogP contribution in [0, 0.1) is 0 Å². The highest BCUT2D eigenvalue weighted by molar-refractivity contribution is 7.37. The average molecular weight is 252 g/mol. The van der Waals surface area contributed by atoms with Crippen LogP contribution in [0.3, 0.4) is 0 Å². The number of ether oxygens (including phenoxy) is 1. The Morgan fingerprint density at radius 1 is 1.53 bits per heavy atom. The molecule has 0 amide bonds. The van der Waals surface area contributed by atoms with E-state index in [0.29, 0.717) is 6.61 Å². The molecule has 0 spiro atoms. The van der Waals surface area contributed by atoms with Gasteiger partial charge in [-0.25, -0.2) is 4.79 Å². The number of hydrogen-bond acceptors (Lipinski definition) is 2. The molecule has 0 unspecified atom stereocenters. The minimum absolute atomic E-state index is 0.335. The topological polar surface area (TPSA) is 26.3 Å². The molecule has 89 valence electrons. The summed E-state index contributed by atoms with van der Waals surface area (Å²) in [6, 6.07) is 0. The van der Waals surface area contributed by atoms with Gasteiger partial charge in [0.1, 0.15) is 0 Å². The Labute approximate surface area is 100 Å². The van der Waals surface area contributed by atoms with Crippen LogP contribution in [0.15, 0.2) is 12.7 Å². The molecule has 0 aliphatic heterocycles. The molecular formula is C11H21ClO2P. The molecule has 0 fully saturated rings. The van der Waals surface area contributed by atoms with E-state index in [1.54, 1.807) is 0 Å². The lowest BCUT2D eigenvalue weighted by Crippen LogP contribution is -2.02. The Hall–Kier alpha value is -0.0700. The monoisotopic (exact) mass is 251 g/mol. The number of unbranched alkanes of at least 4 members (excludes halogenated alkanes) is 2. The van der Waals surface area contributed by atoms with Crippen LogP contribution in [0.25, 0.3) is 0 Å². The van der Waals surface area contributed by atoms with Gasteiger partial charge in [0.05, 0.1) is 6.61 Å². The lowest BCUT2D eigenvalue weighted by molar-refractivity contribution is -0.137.